The van der Waals surface area contributed by atoms with Crippen LogP contribution in [0.4, 0.5) is 10.2 Å². The van der Waals surface area contributed by atoms with E-state index in [0.29, 0.717) is 42.9 Å². The number of likely N-dealkylation sites (tertiary alicyclic amines) is 1. The third-order valence-corrected chi connectivity index (χ3v) is 7.44. The maximum Gasteiger partial charge on any atom is 0.318 e. The highest BCUT2D eigenvalue weighted by Gasteiger charge is 2.34. The van der Waals surface area contributed by atoms with Gasteiger partial charge in [0.15, 0.2) is 0 Å². The first-order valence-electron chi connectivity index (χ1n) is 12.3. The monoisotopic (exact) mass is 470 g/mol. The van der Waals surface area contributed by atoms with Crippen molar-refractivity contribution in [3.63, 3.8) is 0 Å². The smallest absolute Gasteiger partial charge is 0.318 e. The molecule has 0 radical (unpaired) electrons. The van der Waals surface area contributed by atoms with E-state index in [0.717, 1.165) is 56.2 Å². The maximum absolute atomic E-state index is 15.0. The van der Waals surface area contributed by atoms with Gasteiger partial charge in [-0.15, -0.1) is 0 Å². The second kappa shape index (κ2) is 10.0. The van der Waals surface area contributed by atoms with Crippen molar-refractivity contribution in [3.8, 4) is 11.8 Å². The van der Waals surface area contributed by atoms with E-state index >= 15 is 0 Å². The van der Waals surface area contributed by atoms with E-state index in [1.54, 1.807) is 13.2 Å². The summed E-state index contributed by atoms with van der Waals surface area (Å²) in [5.74, 6) is 1.27. The number of rotatable bonds is 6. The first-order valence-corrected chi connectivity index (χ1v) is 12.3. The van der Waals surface area contributed by atoms with Crippen molar-refractivity contribution in [1.82, 2.24) is 25.1 Å². The molecule has 4 heterocycles. The molecule has 0 aliphatic carbocycles. The number of halogens is 1. The van der Waals surface area contributed by atoms with Crippen LogP contribution >= 0.6 is 0 Å². The zero-order chi connectivity index (χ0) is 23.7. The van der Waals surface area contributed by atoms with Gasteiger partial charge >= 0.3 is 6.01 Å². The van der Waals surface area contributed by atoms with E-state index in [9.17, 15) is 4.39 Å². The molecule has 0 saturated carbocycles. The zero-order valence-corrected chi connectivity index (χ0v) is 20.4. The van der Waals surface area contributed by atoms with Crippen LogP contribution < -0.4 is 19.7 Å². The van der Waals surface area contributed by atoms with Gasteiger partial charge in [-0.05, 0) is 45.6 Å². The Labute approximate surface area is 201 Å². The molecule has 0 bridgehead atoms. The molecule has 2 atom stereocenters. The molecule has 2 aromatic rings. The number of likely N-dealkylation sites (N-methyl/N-ethyl adjacent to an activating group) is 2. The van der Waals surface area contributed by atoms with Gasteiger partial charge in [0.1, 0.15) is 24.0 Å². The highest BCUT2D eigenvalue weighted by atomic mass is 19.1. The highest BCUT2D eigenvalue weighted by Crippen LogP contribution is 2.40. The summed E-state index contributed by atoms with van der Waals surface area (Å²) >= 11 is 0. The van der Waals surface area contributed by atoms with Gasteiger partial charge < -0.3 is 24.6 Å². The van der Waals surface area contributed by atoms with Crippen LogP contribution in [0.5, 0.6) is 11.8 Å². The van der Waals surface area contributed by atoms with Crippen LogP contribution in [-0.4, -0.2) is 86.3 Å². The van der Waals surface area contributed by atoms with Crippen molar-refractivity contribution < 1.29 is 13.9 Å². The van der Waals surface area contributed by atoms with Gasteiger partial charge in [0.25, 0.3) is 0 Å². The van der Waals surface area contributed by atoms with Crippen molar-refractivity contribution >= 4 is 5.82 Å². The van der Waals surface area contributed by atoms with Gasteiger partial charge in [-0.1, -0.05) is 6.07 Å². The molecule has 0 spiro atoms. The Balaban J connectivity index is 1.49. The van der Waals surface area contributed by atoms with E-state index in [-0.39, 0.29) is 11.9 Å². The number of anilines is 1. The summed E-state index contributed by atoms with van der Waals surface area (Å²) in [6.45, 7) is 5.96. The fraction of sp³-hybridized carbons (Fsp3) is 0.600. The number of hydrogen-bond donors (Lipinski definition) is 1. The molecular formula is C25H35FN6O2. The Bertz CT molecular complexity index is 1020. The summed E-state index contributed by atoms with van der Waals surface area (Å²) in [6.07, 6.45) is 2.90. The summed E-state index contributed by atoms with van der Waals surface area (Å²) in [5, 5.41) is 3.41. The van der Waals surface area contributed by atoms with Gasteiger partial charge in [0.2, 0.25) is 0 Å². The lowest BCUT2D eigenvalue weighted by Crippen LogP contribution is -2.45. The molecule has 8 nitrogen and oxygen atoms in total. The molecule has 1 aromatic heterocycles. The molecule has 3 aliphatic heterocycles. The number of benzene rings is 1. The molecule has 5 rings (SSSR count). The molecular weight excluding hydrogens is 435 g/mol. The molecule has 0 amide bonds. The predicted octanol–water partition coefficient (Wildman–Crippen LogP) is 2.24. The van der Waals surface area contributed by atoms with Gasteiger partial charge in [-0.3, -0.25) is 4.90 Å². The normalized spacial score (nSPS) is 23.7. The Hall–Kier alpha value is -2.49. The van der Waals surface area contributed by atoms with Crippen molar-refractivity contribution in [2.24, 2.45) is 0 Å². The van der Waals surface area contributed by atoms with Crippen molar-refractivity contribution in [2.45, 2.75) is 37.9 Å². The lowest BCUT2D eigenvalue weighted by atomic mass is 9.92. The minimum Gasteiger partial charge on any atom is -0.496 e. The number of methoxy groups -OCH3 is 1. The van der Waals surface area contributed by atoms with Gasteiger partial charge in [-0.2, -0.15) is 9.97 Å². The van der Waals surface area contributed by atoms with E-state index in [1.165, 1.54) is 12.5 Å². The standard InChI is InChI=1S/C25H35FN6O2/c1-30-11-5-6-17(30)16-34-25-28-20-14-21(23-19(26)7-4-8-22(23)33-3)31(2)15-18(20)24(29-25)32-12-9-27-10-13-32/h4,7-8,17,21,27H,5-6,9-16H2,1-3H3. The third-order valence-electron chi connectivity index (χ3n) is 7.44. The number of fused-ring (bicyclic) bond motifs is 1. The second-order valence-electron chi connectivity index (χ2n) is 9.57. The molecule has 184 valence electrons. The first-order chi connectivity index (χ1) is 16.5. The van der Waals surface area contributed by atoms with E-state index in [1.807, 2.05) is 13.1 Å². The second-order valence-corrected chi connectivity index (χ2v) is 9.57. The maximum atomic E-state index is 15.0. The SMILES string of the molecule is COc1cccc(F)c1C1Cc2nc(OCC3CCCN3C)nc(N3CCNCC3)c2CN1C. The Kier molecular flexibility index (Phi) is 6.85. The van der Waals surface area contributed by atoms with Gasteiger partial charge in [0.05, 0.1) is 12.8 Å². The Morgan fingerprint density at radius 3 is 2.68 bits per heavy atom. The molecule has 1 aromatic carbocycles. The molecule has 2 unspecified atom stereocenters. The van der Waals surface area contributed by atoms with E-state index in [2.05, 4.69) is 27.1 Å². The summed E-state index contributed by atoms with van der Waals surface area (Å²) in [6, 6.07) is 5.65. The Morgan fingerprint density at radius 2 is 1.94 bits per heavy atom. The summed E-state index contributed by atoms with van der Waals surface area (Å²) < 4.78 is 26.7. The fourth-order valence-electron chi connectivity index (χ4n) is 5.43. The number of nitrogens with zero attached hydrogens (tertiary/aromatic N) is 5. The molecule has 9 heteroatoms. The summed E-state index contributed by atoms with van der Waals surface area (Å²) in [5.41, 5.74) is 2.63. The van der Waals surface area contributed by atoms with Gasteiger partial charge in [-0.25, -0.2) is 4.39 Å². The summed E-state index contributed by atoms with van der Waals surface area (Å²) in [7, 11) is 5.76. The van der Waals surface area contributed by atoms with E-state index in [4.69, 9.17) is 19.4 Å². The van der Waals surface area contributed by atoms with Gasteiger partial charge in [0, 0.05) is 62.4 Å². The molecule has 34 heavy (non-hydrogen) atoms. The van der Waals surface area contributed by atoms with Crippen LogP contribution in [0.3, 0.4) is 0 Å². The lowest BCUT2D eigenvalue weighted by molar-refractivity contribution is 0.182. The van der Waals surface area contributed by atoms with Crippen molar-refractivity contribution in [3.05, 3.63) is 40.8 Å². The predicted molar refractivity (Wildman–Crippen MR) is 129 cm³/mol. The minimum atomic E-state index is -0.253. The number of aromatic nitrogens is 2. The number of hydrogen-bond acceptors (Lipinski definition) is 8. The van der Waals surface area contributed by atoms with Crippen molar-refractivity contribution in [1.29, 1.82) is 0 Å². The minimum absolute atomic E-state index is 0.178. The quantitative estimate of drug-likeness (QED) is 0.690. The van der Waals surface area contributed by atoms with E-state index < -0.39 is 0 Å². The third kappa shape index (κ3) is 4.56. The van der Waals surface area contributed by atoms with Crippen LogP contribution in [0.25, 0.3) is 0 Å². The van der Waals surface area contributed by atoms with Crippen LogP contribution in [0.15, 0.2) is 18.2 Å². The molecule has 2 fully saturated rings. The molecule has 3 aliphatic rings. The van der Waals surface area contributed by atoms with Crippen molar-refractivity contribution in [2.75, 3.05) is 65.4 Å². The topological polar surface area (TPSA) is 66.0 Å². The highest BCUT2D eigenvalue weighted by molar-refractivity contribution is 5.52. The lowest BCUT2D eigenvalue weighted by Gasteiger charge is -2.37. The first kappa shape index (κ1) is 23.3. The van der Waals surface area contributed by atoms with Crippen LogP contribution in [0.2, 0.25) is 0 Å². The number of ether oxygens (including phenoxy) is 2. The van der Waals surface area contributed by atoms with Crippen LogP contribution in [0, 0.1) is 5.82 Å². The number of piperazine rings is 1. The largest absolute Gasteiger partial charge is 0.496 e. The molecule has 2 saturated heterocycles. The molecule has 1 N–H and O–H groups in total. The summed E-state index contributed by atoms with van der Waals surface area (Å²) in [4.78, 5) is 16.6. The fourth-order valence-corrected chi connectivity index (χ4v) is 5.43. The van der Waals surface area contributed by atoms with Crippen LogP contribution in [0.1, 0.15) is 35.7 Å². The average molecular weight is 471 g/mol. The average Bonchev–Trinajstić information content (AvgIpc) is 3.27. The number of nitrogens with one attached hydrogen (secondary N) is 1. The Morgan fingerprint density at radius 1 is 1.12 bits per heavy atom. The van der Waals surface area contributed by atoms with Crippen LogP contribution in [-0.2, 0) is 13.0 Å². The zero-order valence-electron chi connectivity index (χ0n) is 20.4.